The van der Waals surface area contributed by atoms with Crippen molar-refractivity contribution in [2.45, 2.75) is 46.3 Å². The van der Waals surface area contributed by atoms with Gasteiger partial charge in [0.15, 0.2) is 0 Å². The number of hydrogen-bond donors (Lipinski definition) is 0. The Kier molecular flexibility index (Phi) is 8.55. The Bertz CT molecular complexity index is 2060. The van der Waals surface area contributed by atoms with E-state index in [1.54, 1.807) is 0 Å². The lowest BCUT2D eigenvalue weighted by atomic mass is 9.97. The maximum Gasteiger partial charge on any atom is 0.143 e. The predicted molar refractivity (Wildman–Crippen MR) is 210 cm³/mol. The summed E-state index contributed by atoms with van der Waals surface area (Å²) in [6, 6.07) is 44.2. The van der Waals surface area contributed by atoms with Gasteiger partial charge in [0, 0.05) is 17.5 Å². The van der Waals surface area contributed by atoms with Gasteiger partial charge in [0.1, 0.15) is 23.2 Å². The lowest BCUT2D eigenvalue weighted by Gasteiger charge is -2.18. The van der Waals surface area contributed by atoms with E-state index in [-0.39, 0.29) is 12.2 Å². The third-order valence-electron chi connectivity index (χ3n) is 9.73. The van der Waals surface area contributed by atoms with E-state index in [0.29, 0.717) is 16.4 Å². The molecule has 5 aromatic carbocycles. The maximum atomic E-state index is 7.13. The van der Waals surface area contributed by atoms with E-state index in [1.165, 1.54) is 77.9 Å². The number of ether oxygens (including phenoxy) is 2. The molecule has 4 unspecified atom stereocenters. The Morgan fingerprint density at radius 1 is 0.429 bits per heavy atom. The smallest absolute Gasteiger partial charge is 0.143 e. The minimum absolute atomic E-state index is 0.0902. The van der Waals surface area contributed by atoms with Crippen LogP contribution in [0.1, 0.15) is 52.0 Å². The second-order valence-electron chi connectivity index (χ2n) is 13.4. The molecule has 2 nitrogen and oxygen atoms in total. The largest absolute Gasteiger partial charge is 0.481 e. The van der Waals surface area contributed by atoms with Gasteiger partial charge < -0.3 is 9.47 Å². The molecule has 0 amide bonds. The summed E-state index contributed by atoms with van der Waals surface area (Å²) in [4.78, 5) is 0. The molecule has 8 rings (SSSR count). The van der Waals surface area contributed by atoms with Crippen LogP contribution in [0.15, 0.2) is 133 Å². The highest BCUT2D eigenvalue weighted by Gasteiger charge is 2.35. The Balaban J connectivity index is 1.15. The third-order valence-corrected chi connectivity index (χ3v) is 11.9. The monoisotopic (exact) mass is 674 g/mol. The molecule has 0 radical (unpaired) electrons. The second kappa shape index (κ2) is 13.3. The van der Waals surface area contributed by atoms with Crippen LogP contribution in [0, 0.1) is 27.7 Å². The third kappa shape index (κ3) is 6.28. The Morgan fingerprint density at radius 3 is 1.10 bits per heavy atom. The van der Waals surface area contributed by atoms with Crippen LogP contribution >= 0.6 is 16.4 Å². The molecule has 4 atom stereocenters. The fraction of sp³-hybridized carbons (Fsp3) is 0.156. The first-order valence-electron chi connectivity index (χ1n) is 17.0. The zero-order valence-electron chi connectivity index (χ0n) is 28.4. The molecule has 7 aromatic rings. The highest BCUT2D eigenvalue weighted by Crippen LogP contribution is 2.54. The second-order valence-corrected chi connectivity index (χ2v) is 15.4. The minimum Gasteiger partial charge on any atom is -0.481 e. The number of aryl methyl sites for hydroxylation is 4. The lowest BCUT2D eigenvalue weighted by Crippen LogP contribution is -2.06. The molecule has 1 aliphatic rings. The van der Waals surface area contributed by atoms with E-state index in [0.717, 1.165) is 17.4 Å². The van der Waals surface area contributed by atoms with E-state index in [9.17, 15) is 0 Å². The van der Waals surface area contributed by atoms with Crippen molar-refractivity contribution in [1.29, 1.82) is 0 Å². The summed E-state index contributed by atoms with van der Waals surface area (Å²) in [6.45, 7) is 8.56. The van der Waals surface area contributed by atoms with Crippen molar-refractivity contribution < 1.29 is 9.47 Å². The van der Waals surface area contributed by atoms with Gasteiger partial charge in [-0.15, -0.1) is 0 Å². The number of benzene rings is 5. The number of rotatable bonds is 8. The summed E-state index contributed by atoms with van der Waals surface area (Å²) >= 11 is 0. The summed E-state index contributed by atoms with van der Waals surface area (Å²) in [5, 5.41) is 0. The Morgan fingerprint density at radius 2 is 0.755 bits per heavy atom. The fourth-order valence-corrected chi connectivity index (χ4v) is 9.42. The molecule has 2 aromatic heterocycles. The molecule has 0 spiro atoms. The van der Waals surface area contributed by atoms with Crippen LogP contribution in [-0.4, -0.2) is 0 Å². The molecule has 0 N–H and O–H groups in total. The van der Waals surface area contributed by atoms with Crippen LogP contribution in [0.2, 0.25) is 0 Å². The zero-order valence-corrected chi connectivity index (χ0v) is 30.4. The van der Waals surface area contributed by atoms with Gasteiger partial charge in [-0.25, -0.2) is 0 Å². The van der Waals surface area contributed by atoms with Crippen LogP contribution in [0.5, 0.6) is 11.0 Å². The molecule has 0 aliphatic heterocycles. The summed E-state index contributed by atoms with van der Waals surface area (Å²) < 4.78 is 14.3. The van der Waals surface area contributed by atoms with Crippen molar-refractivity contribution in [3.05, 3.63) is 166 Å². The Labute approximate surface area is 293 Å². The summed E-state index contributed by atoms with van der Waals surface area (Å²) in [5.74, 6) is 4.72. The first kappa shape index (κ1) is 31.5. The molecule has 4 heteroatoms. The molecular weight excluding hydrogens is 634 g/mol. The zero-order chi connectivity index (χ0) is 33.5. The van der Waals surface area contributed by atoms with Gasteiger partial charge >= 0.3 is 0 Å². The molecule has 2 heterocycles. The highest BCUT2D eigenvalue weighted by molar-refractivity contribution is 7.33. The van der Waals surface area contributed by atoms with E-state index >= 15 is 0 Å². The van der Waals surface area contributed by atoms with Gasteiger partial charge in [0.25, 0.3) is 0 Å². The van der Waals surface area contributed by atoms with Gasteiger partial charge in [0.2, 0.25) is 0 Å². The topological polar surface area (TPSA) is 18.5 Å². The number of fused-ring (bicyclic) bond motifs is 1. The summed E-state index contributed by atoms with van der Waals surface area (Å²) in [5.41, 5.74) is 19.4. The quantitative estimate of drug-likeness (QED) is 0.160. The highest BCUT2D eigenvalue weighted by atomic mass is 31.0. The summed E-state index contributed by atoms with van der Waals surface area (Å²) in [6.07, 6.45) is 0.587. The SMILES string of the molecule is Cc1ccc(-c2c[pH]c(OC3CC(Oc4[pH]cc(-c5ccc(C)cc5)c4-c4ccc(C)cc4)c4ccccc43)c2-c2ccc(C)cc2)cc1. The van der Waals surface area contributed by atoms with E-state index in [4.69, 9.17) is 9.47 Å². The maximum absolute atomic E-state index is 7.13. The standard InChI is InChI=1S/C45H40O2P2/c1-28-9-17-32(18-10-28)38-26-48-44(42(38)34-21-13-30(3)14-22-34)46-40-25-41(37-8-6-5-7-36(37)40)47-45-43(35-23-15-31(4)16-24-35)39(27-49-45)33-19-11-29(2)12-20-33/h5-24,26-27,40-41,48-49H,25H2,1-4H3. The van der Waals surface area contributed by atoms with Crippen LogP contribution in [0.3, 0.4) is 0 Å². The first-order chi connectivity index (χ1) is 23.9. The summed E-state index contributed by atoms with van der Waals surface area (Å²) in [7, 11) is 0.924. The normalized spacial score (nSPS) is 15.6. The van der Waals surface area contributed by atoms with Crippen LogP contribution in [0.25, 0.3) is 44.5 Å². The first-order valence-corrected chi connectivity index (χ1v) is 19.2. The van der Waals surface area contributed by atoms with Gasteiger partial charge in [-0.05, 0) is 83.8 Å². The van der Waals surface area contributed by atoms with Gasteiger partial charge in [-0.3, -0.25) is 0 Å². The average Bonchev–Trinajstić information content (AvgIpc) is 3.83. The molecule has 0 saturated heterocycles. The van der Waals surface area contributed by atoms with Crippen LogP contribution in [-0.2, 0) is 0 Å². The molecule has 0 saturated carbocycles. The van der Waals surface area contributed by atoms with Crippen molar-refractivity contribution in [1.82, 2.24) is 0 Å². The number of hydrogen-bond acceptors (Lipinski definition) is 2. The molecule has 242 valence electrons. The van der Waals surface area contributed by atoms with E-state index < -0.39 is 0 Å². The van der Waals surface area contributed by atoms with E-state index in [1.807, 2.05) is 0 Å². The molecule has 1 aliphatic carbocycles. The van der Waals surface area contributed by atoms with Crippen LogP contribution < -0.4 is 9.47 Å². The van der Waals surface area contributed by atoms with E-state index in [2.05, 4.69) is 161 Å². The van der Waals surface area contributed by atoms with Gasteiger partial charge in [-0.2, -0.15) is 0 Å². The average molecular weight is 675 g/mol. The van der Waals surface area contributed by atoms with Crippen LogP contribution in [0.4, 0.5) is 0 Å². The molecule has 49 heavy (non-hydrogen) atoms. The van der Waals surface area contributed by atoms with Gasteiger partial charge in [0.05, 0.1) is 0 Å². The molecule has 0 fully saturated rings. The van der Waals surface area contributed by atoms with Crippen molar-refractivity contribution >= 4 is 16.4 Å². The molecule has 0 bridgehead atoms. The predicted octanol–water partition coefficient (Wildman–Crippen LogP) is 13.3. The van der Waals surface area contributed by atoms with Crippen molar-refractivity contribution in [3.63, 3.8) is 0 Å². The van der Waals surface area contributed by atoms with Crippen molar-refractivity contribution in [2.75, 3.05) is 0 Å². The van der Waals surface area contributed by atoms with Crippen molar-refractivity contribution in [3.8, 4) is 55.5 Å². The van der Waals surface area contributed by atoms with Crippen molar-refractivity contribution in [2.24, 2.45) is 0 Å². The molecular formula is C45H40O2P2. The lowest BCUT2D eigenvalue weighted by molar-refractivity contribution is 0.143. The fourth-order valence-electron chi connectivity index (χ4n) is 6.98. The Hall–Kier alpha value is -4.74. The minimum atomic E-state index is -0.0902. The van der Waals surface area contributed by atoms with Gasteiger partial charge in [-0.1, -0.05) is 160 Å².